The second-order valence-electron chi connectivity index (χ2n) is 7.16. The van der Waals surface area contributed by atoms with Crippen molar-refractivity contribution in [3.63, 3.8) is 0 Å². The zero-order valence-corrected chi connectivity index (χ0v) is 14.9. The number of benzene rings is 2. The zero-order chi connectivity index (χ0) is 19.0. The minimum Gasteiger partial charge on any atom is -0.507 e. The Morgan fingerprint density at radius 1 is 1.04 bits per heavy atom. The highest BCUT2D eigenvalue weighted by Gasteiger charge is 2.24. The van der Waals surface area contributed by atoms with Crippen LogP contribution in [-0.4, -0.2) is 15.3 Å². The van der Waals surface area contributed by atoms with Gasteiger partial charge in [0.05, 0.1) is 12.2 Å². The number of aliphatic hydroxyl groups excluding tert-OH is 1. The summed E-state index contributed by atoms with van der Waals surface area (Å²) in [4.78, 5) is 12.8. The highest BCUT2D eigenvalue weighted by atomic mass is 16.3. The second-order valence-corrected chi connectivity index (χ2v) is 7.16. The zero-order valence-electron chi connectivity index (χ0n) is 14.9. The van der Waals surface area contributed by atoms with Crippen LogP contribution in [0.5, 0.6) is 11.5 Å². The molecule has 1 saturated carbocycles. The molecule has 0 bridgehead atoms. The molecule has 1 heterocycles. The molecule has 0 unspecified atom stereocenters. The number of hydrogen-bond acceptors (Lipinski definition) is 5. The first-order valence-corrected chi connectivity index (χ1v) is 9.32. The summed E-state index contributed by atoms with van der Waals surface area (Å²) in [5, 5.41) is 30.4. The van der Waals surface area contributed by atoms with Crippen molar-refractivity contribution in [1.29, 1.82) is 0 Å². The van der Waals surface area contributed by atoms with E-state index >= 15 is 0 Å². The summed E-state index contributed by atoms with van der Waals surface area (Å²) >= 11 is 0. The van der Waals surface area contributed by atoms with Gasteiger partial charge in [0.1, 0.15) is 28.2 Å². The SMILES string of the molecule is O=c1cc(-c2ccccc2O)oc2c(C3CCCCC3)cc(CO)c(O)c12. The van der Waals surface area contributed by atoms with Gasteiger partial charge in [0.15, 0.2) is 5.43 Å². The van der Waals surface area contributed by atoms with Crippen molar-refractivity contribution in [2.75, 3.05) is 0 Å². The van der Waals surface area contributed by atoms with Gasteiger partial charge in [-0.1, -0.05) is 31.4 Å². The average Bonchev–Trinajstić information content (AvgIpc) is 2.69. The molecule has 0 saturated heterocycles. The number of hydrogen-bond donors (Lipinski definition) is 3. The lowest BCUT2D eigenvalue weighted by molar-refractivity contribution is 0.275. The van der Waals surface area contributed by atoms with Crippen LogP contribution >= 0.6 is 0 Å². The second kappa shape index (κ2) is 7.08. The highest BCUT2D eigenvalue weighted by Crippen LogP contribution is 2.41. The van der Waals surface area contributed by atoms with Gasteiger partial charge in [-0.2, -0.15) is 0 Å². The molecule has 1 aliphatic rings. The third kappa shape index (κ3) is 3.08. The molecule has 4 rings (SSSR count). The van der Waals surface area contributed by atoms with E-state index in [2.05, 4.69) is 0 Å². The standard InChI is InChI=1S/C22H22O5/c23-12-14-10-16(13-6-2-1-3-7-13)22-20(21(14)26)18(25)11-19(27-22)15-8-4-5-9-17(15)24/h4-5,8-11,13,23-24,26H,1-3,6-7,12H2. The van der Waals surface area contributed by atoms with E-state index in [0.717, 1.165) is 31.2 Å². The topological polar surface area (TPSA) is 90.9 Å². The summed E-state index contributed by atoms with van der Waals surface area (Å²) in [6.07, 6.45) is 5.35. The van der Waals surface area contributed by atoms with Crippen molar-refractivity contribution < 1.29 is 19.7 Å². The quantitative estimate of drug-likeness (QED) is 0.639. The van der Waals surface area contributed by atoms with Crippen LogP contribution in [0, 0.1) is 0 Å². The first-order chi connectivity index (χ1) is 13.1. The predicted molar refractivity (Wildman–Crippen MR) is 103 cm³/mol. The fraction of sp³-hybridized carbons (Fsp3) is 0.318. The molecule has 2 aromatic carbocycles. The monoisotopic (exact) mass is 366 g/mol. The van der Waals surface area contributed by atoms with Crippen LogP contribution in [-0.2, 0) is 6.61 Å². The Labute approximate surface area is 156 Å². The van der Waals surface area contributed by atoms with Gasteiger partial charge in [-0.15, -0.1) is 0 Å². The molecular weight excluding hydrogens is 344 g/mol. The van der Waals surface area contributed by atoms with Gasteiger partial charge in [-0.3, -0.25) is 4.79 Å². The molecule has 1 aliphatic carbocycles. The number of phenols is 2. The van der Waals surface area contributed by atoms with Crippen LogP contribution < -0.4 is 5.43 Å². The number of phenolic OH excluding ortho intramolecular Hbond substituents is 1. The van der Waals surface area contributed by atoms with Crippen molar-refractivity contribution in [3.8, 4) is 22.8 Å². The fourth-order valence-corrected chi connectivity index (χ4v) is 4.06. The fourth-order valence-electron chi connectivity index (χ4n) is 4.06. The smallest absolute Gasteiger partial charge is 0.197 e. The van der Waals surface area contributed by atoms with Crippen LogP contribution in [0.25, 0.3) is 22.3 Å². The largest absolute Gasteiger partial charge is 0.507 e. The molecule has 3 N–H and O–H groups in total. The summed E-state index contributed by atoms with van der Waals surface area (Å²) in [6, 6.07) is 9.71. The van der Waals surface area contributed by atoms with Crippen LogP contribution in [0.4, 0.5) is 0 Å². The molecular formula is C22H22O5. The Hall–Kier alpha value is -2.79. The van der Waals surface area contributed by atoms with E-state index in [1.807, 2.05) is 0 Å². The molecule has 140 valence electrons. The van der Waals surface area contributed by atoms with Gasteiger partial charge in [0, 0.05) is 11.6 Å². The van der Waals surface area contributed by atoms with Gasteiger partial charge in [0.25, 0.3) is 0 Å². The lowest BCUT2D eigenvalue weighted by Crippen LogP contribution is -2.09. The number of aliphatic hydroxyl groups is 1. The Balaban J connectivity index is 2.01. The van der Waals surface area contributed by atoms with Gasteiger partial charge in [-0.05, 0) is 42.5 Å². The lowest BCUT2D eigenvalue weighted by Gasteiger charge is -2.24. The number of aromatic hydroxyl groups is 2. The maximum Gasteiger partial charge on any atom is 0.197 e. The van der Waals surface area contributed by atoms with E-state index in [9.17, 15) is 20.1 Å². The third-order valence-electron chi connectivity index (χ3n) is 5.47. The van der Waals surface area contributed by atoms with Crippen molar-refractivity contribution in [2.24, 2.45) is 0 Å². The molecule has 0 spiro atoms. The van der Waals surface area contributed by atoms with Gasteiger partial charge >= 0.3 is 0 Å². The van der Waals surface area contributed by atoms with Crippen LogP contribution in [0.1, 0.15) is 49.1 Å². The van der Waals surface area contributed by atoms with E-state index in [4.69, 9.17) is 4.42 Å². The minimum absolute atomic E-state index is 0.0235. The summed E-state index contributed by atoms with van der Waals surface area (Å²) < 4.78 is 6.07. The maximum absolute atomic E-state index is 12.8. The van der Waals surface area contributed by atoms with Crippen molar-refractivity contribution in [1.82, 2.24) is 0 Å². The molecule has 5 heteroatoms. The first kappa shape index (κ1) is 17.6. The van der Waals surface area contributed by atoms with E-state index in [1.165, 1.54) is 18.6 Å². The Morgan fingerprint density at radius 3 is 2.48 bits per heavy atom. The normalized spacial score (nSPS) is 15.3. The minimum atomic E-state index is -0.389. The summed E-state index contributed by atoms with van der Waals surface area (Å²) in [6.45, 7) is -0.345. The third-order valence-corrected chi connectivity index (χ3v) is 5.47. The molecule has 1 fully saturated rings. The molecule has 0 aliphatic heterocycles. The van der Waals surface area contributed by atoms with Gasteiger partial charge < -0.3 is 19.7 Å². The number of para-hydroxylation sites is 1. The molecule has 3 aromatic rings. The highest BCUT2D eigenvalue weighted by molar-refractivity contribution is 5.89. The van der Waals surface area contributed by atoms with Crippen molar-refractivity contribution in [3.05, 3.63) is 57.7 Å². The maximum atomic E-state index is 12.8. The molecule has 0 amide bonds. The van der Waals surface area contributed by atoms with Crippen LogP contribution in [0.2, 0.25) is 0 Å². The molecule has 27 heavy (non-hydrogen) atoms. The average molecular weight is 366 g/mol. The summed E-state index contributed by atoms with van der Waals surface area (Å²) in [5.74, 6) is 0.272. The van der Waals surface area contributed by atoms with Crippen LogP contribution in [0.15, 0.2) is 45.6 Å². The molecule has 1 aromatic heterocycles. The van der Waals surface area contributed by atoms with E-state index < -0.39 is 0 Å². The van der Waals surface area contributed by atoms with Crippen molar-refractivity contribution in [2.45, 2.75) is 44.6 Å². The van der Waals surface area contributed by atoms with Crippen LogP contribution in [0.3, 0.4) is 0 Å². The van der Waals surface area contributed by atoms with Gasteiger partial charge in [0.2, 0.25) is 0 Å². The number of rotatable bonds is 3. The van der Waals surface area contributed by atoms with E-state index in [1.54, 1.807) is 24.3 Å². The predicted octanol–water partition coefficient (Wildman–Crippen LogP) is 4.41. The van der Waals surface area contributed by atoms with E-state index in [0.29, 0.717) is 16.7 Å². The van der Waals surface area contributed by atoms with Crippen molar-refractivity contribution >= 4 is 11.0 Å². The van der Waals surface area contributed by atoms with E-state index in [-0.39, 0.29) is 40.6 Å². The Bertz CT molecular complexity index is 1040. The van der Waals surface area contributed by atoms with Gasteiger partial charge in [-0.25, -0.2) is 0 Å². The molecule has 0 atom stereocenters. The lowest BCUT2D eigenvalue weighted by atomic mass is 9.82. The first-order valence-electron chi connectivity index (χ1n) is 9.32. The Morgan fingerprint density at radius 2 is 1.78 bits per heavy atom. The molecule has 5 nitrogen and oxygen atoms in total. The summed E-state index contributed by atoms with van der Waals surface area (Å²) in [5.41, 5.74) is 1.57. The Kier molecular flexibility index (Phi) is 4.62. The molecule has 0 radical (unpaired) electrons. The number of fused-ring (bicyclic) bond motifs is 1. The summed E-state index contributed by atoms with van der Waals surface area (Å²) in [7, 11) is 0.